The third-order valence-electron chi connectivity index (χ3n) is 1.85. The molecule has 0 spiro atoms. The topological polar surface area (TPSA) is 32.3 Å². The minimum atomic E-state index is -0.578. The van der Waals surface area contributed by atoms with E-state index in [1.807, 2.05) is 0 Å². The van der Waals surface area contributed by atoms with E-state index < -0.39 is 5.60 Å². The molecule has 1 aliphatic rings. The van der Waals surface area contributed by atoms with Gasteiger partial charge in [-0.25, -0.2) is 0 Å². The van der Waals surface area contributed by atoms with Crippen molar-refractivity contribution in [1.82, 2.24) is 5.32 Å². The van der Waals surface area contributed by atoms with E-state index in [2.05, 4.69) is 11.9 Å². The Hall–Kier alpha value is -0.340. The smallest absolute Gasteiger partial charge is 0.0849 e. The first kappa shape index (κ1) is 6.78. The van der Waals surface area contributed by atoms with Gasteiger partial charge in [0.1, 0.15) is 0 Å². The van der Waals surface area contributed by atoms with Gasteiger partial charge in [0, 0.05) is 0 Å². The predicted molar refractivity (Wildman–Crippen MR) is 37.3 cm³/mol. The van der Waals surface area contributed by atoms with Crippen LogP contribution in [0.15, 0.2) is 12.7 Å². The minimum Gasteiger partial charge on any atom is -0.386 e. The summed E-state index contributed by atoms with van der Waals surface area (Å²) in [6.07, 6.45) is 3.25. The van der Waals surface area contributed by atoms with Crippen LogP contribution in [0.25, 0.3) is 0 Å². The maximum absolute atomic E-state index is 9.52. The molecule has 0 unspecified atom stereocenters. The van der Waals surface area contributed by atoms with Crippen LogP contribution in [0.5, 0.6) is 0 Å². The van der Waals surface area contributed by atoms with Crippen LogP contribution in [0, 0.1) is 0 Å². The summed E-state index contributed by atoms with van der Waals surface area (Å²) in [5.41, 5.74) is -0.578. The van der Waals surface area contributed by atoms with Crippen LogP contribution in [0.2, 0.25) is 0 Å². The Kier molecular flexibility index (Phi) is 1.88. The molecular formula is C7H13NO. The molecule has 1 heterocycles. The molecule has 9 heavy (non-hydrogen) atoms. The fourth-order valence-corrected chi connectivity index (χ4v) is 1.06. The molecule has 0 saturated carbocycles. The van der Waals surface area contributed by atoms with Gasteiger partial charge in [0.15, 0.2) is 0 Å². The lowest BCUT2D eigenvalue weighted by Gasteiger charge is -2.28. The van der Waals surface area contributed by atoms with Gasteiger partial charge in [0.05, 0.1) is 5.60 Å². The third-order valence-corrected chi connectivity index (χ3v) is 1.85. The van der Waals surface area contributed by atoms with Crippen LogP contribution in [-0.4, -0.2) is 23.8 Å². The van der Waals surface area contributed by atoms with Crippen LogP contribution >= 0.6 is 0 Å². The molecule has 2 nitrogen and oxygen atoms in total. The van der Waals surface area contributed by atoms with Gasteiger partial charge < -0.3 is 10.4 Å². The fourth-order valence-electron chi connectivity index (χ4n) is 1.06. The Morgan fingerprint density at radius 2 is 2.00 bits per heavy atom. The van der Waals surface area contributed by atoms with E-state index in [0.717, 1.165) is 25.9 Å². The maximum Gasteiger partial charge on any atom is 0.0849 e. The van der Waals surface area contributed by atoms with Gasteiger partial charge in [-0.15, -0.1) is 6.58 Å². The molecule has 0 aromatic carbocycles. The first-order valence-electron chi connectivity index (χ1n) is 3.33. The van der Waals surface area contributed by atoms with Gasteiger partial charge in [-0.2, -0.15) is 0 Å². The molecule has 2 heteroatoms. The van der Waals surface area contributed by atoms with Gasteiger partial charge in [-0.05, 0) is 25.9 Å². The normalized spacial score (nSPS) is 25.4. The van der Waals surface area contributed by atoms with Crippen molar-refractivity contribution in [2.75, 3.05) is 13.1 Å². The van der Waals surface area contributed by atoms with Crippen LogP contribution in [-0.2, 0) is 0 Å². The molecule has 0 aromatic heterocycles. The summed E-state index contributed by atoms with van der Waals surface area (Å²) in [5, 5.41) is 12.7. The summed E-state index contributed by atoms with van der Waals surface area (Å²) >= 11 is 0. The van der Waals surface area contributed by atoms with Crippen molar-refractivity contribution in [2.45, 2.75) is 18.4 Å². The van der Waals surface area contributed by atoms with Crippen LogP contribution in [0.1, 0.15) is 12.8 Å². The second kappa shape index (κ2) is 2.50. The quantitative estimate of drug-likeness (QED) is 0.496. The molecule has 1 aliphatic heterocycles. The summed E-state index contributed by atoms with van der Waals surface area (Å²) in [6.45, 7) is 5.39. The first-order chi connectivity index (χ1) is 4.27. The summed E-state index contributed by atoms with van der Waals surface area (Å²) in [4.78, 5) is 0. The van der Waals surface area contributed by atoms with E-state index in [0.29, 0.717) is 0 Å². The molecule has 1 rings (SSSR count). The molecule has 52 valence electrons. The number of hydrogen-bond acceptors (Lipinski definition) is 2. The standard InChI is InChI=1S/C7H13NO/c1-2-7(9)3-5-8-6-4-7/h2,8-9H,1,3-6H2. The highest BCUT2D eigenvalue weighted by Gasteiger charge is 2.24. The fraction of sp³-hybridized carbons (Fsp3) is 0.714. The molecule has 2 N–H and O–H groups in total. The summed E-state index contributed by atoms with van der Waals surface area (Å²) in [7, 11) is 0. The first-order valence-corrected chi connectivity index (χ1v) is 3.33. The number of nitrogens with one attached hydrogen (secondary N) is 1. The van der Waals surface area contributed by atoms with Crippen LogP contribution in [0.4, 0.5) is 0 Å². The van der Waals surface area contributed by atoms with Crippen molar-refractivity contribution in [3.63, 3.8) is 0 Å². The molecule has 0 amide bonds. The Bertz CT molecular complexity index is 105. The third kappa shape index (κ3) is 1.53. The van der Waals surface area contributed by atoms with E-state index in [9.17, 15) is 5.11 Å². The van der Waals surface area contributed by atoms with Gasteiger partial charge >= 0.3 is 0 Å². The van der Waals surface area contributed by atoms with E-state index >= 15 is 0 Å². The molecule has 0 aliphatic carbocycles. The average molecular weight is 127 g/mol. The van der Waals surface area contributed by atoms with Crippen molar-refractivity contribution in [3.05, 3.63) is 12.7 Å². The van der Waals surface area contributed by atoms with Gasteiger partial charge in [0.25, 0.3) is 0 Å². The predicted octanol–water partition coefficient (Wildman–Crippen LogP) is 0.287. The number of aliphatic hydroxyl groups is 1. The molecular weight excluding hydrogens is 114 g/mol. The zero-order valence-electron chi connectivity index (χ0n) is 5.56. The lowest BCUT2D eigenvalue weighted by molar-refractivity contribution is 0.0585. The number of hydrogen-bond donors (Lipinski definition) is 2. The lowest BCUT2D eigenvalue weighted by Crippen LogP contribution is -2.40. The van der Waals surface area contributed by atoms with Crippen molar-refractivity contribution in [1.29, 1.82) is 0 Å². The summed E-state index contributed by atoms with van der Waals surface area (Å²) in [5.74, 6) is 0. The van der Waals surface area contributed by atoms with Gasteiger partial charge in [0.2, 0.25) is 0 Å². The van der Waals surface area contributed by atoms with Gasteiger partial charge in [-0.1, -0.05) is 6.08 Å². The monoisotopic (exact) mass is 127 g/mol. The van der Waals surface area contributed by atoms with Crippen molar-refractivity contribution < 1.29 is 5.11 Å². The summed E-state index contributed by atoms with van der Waals surface area (Å²) < 4.78 is 0. The highest BCUT2D eigenvalue weighted by molar-refractivity contribution is 4.98. The van der Waals surface area contributed by atoms with Crippen molar-refractivity contribution in [3.8, 4) is 0 Å². The molecule has 0 atom stereocenters. The van der Waals surface area contributed by atoms with Crippen LogP contribution < -0.4 is 5.32 Å². The zero-order valence-corrected chi connectivity index (χ0v) is 5.56. The largest absolute Gasteiger partial charge is 0.386 e. The Morgan fingerprint density at radius 3 is 2.33 bits per heavy atom. The lowest BCUT2D eigenvalue weighted by atomic mass is 9.93. The van der Waals surface area contributed by atoms with E-state index in [1.165, 1.54) is 0 Å². The van der Waals surface area contributed by atoms with Crippen molar-refractivity contribution in [2.24, 2.45) is 0 Å². The second-order valence-electron chi connectivity index (χ2n) is 2.56. The average Bonchev–Trinajstić information content (AvgIpc) is 1.90. The second-order valence-corrected chi connectivity index (χ2v) is 2.56. The van der Waals surface area contributed by atoms with Gasteiger partial charge in [-0.3, -0.25) is 0 Å². The summed E-state index contributed by atoms with van der Waals surface area (Å²) in [6, 6.07) is 0. The molecule has 1 saturated heterocycles. The molecule has 0 radical (unpaired) electrons. The highest BCUT2D eigenvalue weighted by Crippen LogP contribution is 2.17. The van der Waals surface area contributed by atoms with E-state index in [4.69, 9.17) is 0 Å². The van der Waals surface area contributed by atoms with E-state index in [1.54, 1.807) is 6.08 Å². The Labute approximate surface area is 55.6 Å². The molecule has 0 aromatic rings. The zero-order chi connectivity index (χ0) is 6.74. The number of rotatable bonds is 1. The molecule has 1 fully saturated rings. The highest BCUT2D eigenvalue weighted by atomic mass is 16.3. The Balaban J connectivity index is 2.46. The van der Waals surface area contributed by atoms with Crippen LogP contribution in [0.3, 0.4) is 0 Å². The van der Waals surface area contributed by atoms with E-state index in [-0.39, 0.29) is 0 Å². The SMILES string of the molecule is C=CC1(O)CCNCC1. The maximum atomic E-state index is 9.52. The minimum absolute atomic E-state index is 0.578. The van der Waals surface area contributed by atoms with Crippen molar-refractivity contribution >= 4 is 0 Å². The number of piperidine rings is 1. The Morgan fingerprint density at radius 1 is 1.44 bits per heavy atom. The molecule has 0 bridgehead atoms.